The summed E-state index contributed by atoms with van der Waals surface area (Å²) in [6.07, 6.45) is 1.15. The number of aliphatic carboxylic acids is 1. The lowest BCUT2D eigenvalue weighted by Crippen LogP contribution is -2.43. The fourth-order valence-electron chi connectivity index (χ4n) is 3.60. The number of carbonyl (C=O) groups excluding carboxylic acids is 2. The van der Waals surface area contributed by atoms with Crippen LogP contribution in [0.3, 0.4) is 0 Å². The Morgan fingerprint density at radius 1 is 1.07 bits per heavy atom. The van der Waals surface area contributed by atoms with Gasteiger partial charge in [0.05, 0.1) is 6.42 Å². The lowest BCUT2D eigenvalue weighted by molar-refractivity contribution is -0.139. The van der Waals surface area contributed by atoms with Crippen molar-refractivity contribution in [1.82, 2.24) is 9.80 Å². The first-order chi connectivity index (χ1) is 13.0. The summed E-state index contributed by atoms with van der Waals surface area (Å²) in [4.78, 5) is 39.4. The van der Waals surface area contributed by atoms with Crippen LogP contribution in [0.4, 0.5) is 0 Å². The molecule has 2 aromatic rings. The van der Waals surface area contributed by atoms with Crippen molar-refractivity contribution in [3.8, 4) is 0 Å². The van der Waals surface area contributed by atoms with Gasteiger partial charge in [-0.05, 0) is 29.7 Å². The summed E-state index contributed by atoms with van der Waals surface area (Å²) in [7, 11) is 1.64. The molecule has 1 saturated heterocycles. The Kier molecular flexibility index (Phi) is 5.74. The number of carboxylic acids is 1. The van der Waals surface area contributed by atoms with Crippen LogP contribution in [0.1, 0.15) is 29.6 Å². The Hall–Kier alpha value is -2.89. The Labute approximate surface area is 158 Å². The van der Waals surface area contributed by atoms with E-state index in [0.717, 1.165) is 10.8 Å². The van der Waals surface area contributed by atoms with E-state index in [9.17, 15) is 14.4 Å². The number of fused-ring (bicyclic) bond motifs is 1. The van der Waals surface area contributed by atoms with Gasteiger partial charge in [-0.1, -0.05) is 36.4 Å². The van der Waals surface area contributed by atoms with Gasteiger partial charge in [0.2, 0.25) is 5.91 Å². The number of likely N-dealkylation sites (tertiary alicyclic amines) is 1. The third kappa shape index (κ3) is 4.27. The number of carboxylic acid groups (broad SMARTS) is 1. The molecule has 0 saturated carbocycles. The zero-order valence-electron chi connectivity index (χ0n) is 15.4. The quantitative estimate of drug-likeness (QED) is 0.880. The minimum absolute atomic E-state index is 0.00284. The van der Waals surface area contributed by atoms with E-state index in [2.05, 4.69) is 0 Å². The third-order valence-corrected chi connectivity index (χ3v) is 5.19. The molecule has 6 heteroatoms. The van der Waals surface area contributed by atoms with Gasteiger partial charge in [0.25, 0.3) is 5.91 Å². The summed E-state index contributed by atoms with van der Waals surface area (Å²) in [6.45, 7) is 1.28. The first-order valence-corrected chi connectivity index (χ1v) is 9.21. The van der Waals surface area contributed by atoms with Gasteiger partial charge in [0, 0.05) is 38.2 Å². The standard InChI is InChI=1S/C21H24N2O4/c1-22(12-11-19(24)25)20(26)16-9-13-23(14-10-16)21(27)18-8-4-6-15-5-2-3-7-17(15)18/h2-8,16H,9-14H2,1H3,(H,24,25). The summed E-state index contributed by atoms with van der Waals surface area (Å²) < 4.78 is 0. The van der Waals surface area contributed by atoms with Crippen LogP contribution < -0.4 is 0 Å². The van der Waals surface area contributed by atoms with Crippen LogP contribution in [0.5, 0.6) is 0 Å². The van der Waals surface area contributed by atoms with Crippen molar-refractivity contribution in [2.75, 3.05) is 26.7 Å². The molecule has 0 aliphatic carbocycles. The van der Waals surface area contributed by atoms with E-state index in [4.69, 9.17) is 5.11 Å². The fraction of sp³-hybridized carbons (Fsp3) is 0.381. The average Bonchev–Trinajstić information content (AvgIpc) is 2.70. The van der Waals surface area contributed by atoms with Crippen molar-refractivity contribution in [2.45, 2.75) is 19.3 Å². The van der Waals surface area contributed by atoms with Crippen LogP contribution in [-0.2, 0) is 9.59 Å². The van der Waals surface area contributed by atoms with Crippen LogP contribution in [0, 0.1) is 5.92 Å². The lowest BCUT2D eigenvalue weighted by Gasteiger charge is -2.33. The van der Waals surface area contributed by atoms with Crippen molar-refractivity contribution in [1.29, 1.82) is 0 Å². The Morgan fingerprint density at radius 2 is 1.74 bits per heavy atom. The third-order valence-electron chi connectivity index (χ3n) is 5.19. The summed E-state index contributed by atoms with van der Waals surface area (Å²) >= 11 is 0. The summed E-state index contributed by atoms with van der Waals surface area (Å²) in [6, 6.07) is 13.6. The molecule has 0 aromatic heterocycles. The van der Waals surface area contributed by atoms with Crippen LogP contribution in [0.25, 0.3) is 10.8 Å². The molecule has 0 atom stereocenters. The summed E-state index contributed by atoms with van der Waals surface area (Å²) in [5, 5.41) is 10.7. The maximum absolute atomic E-state index is 13.0. The second-order valence-electron chi connectivity index (χ2n) is 7.00. The van der Waals surface area contributed by atoms with E-state index < -0.39 is 5.97 Å². The highest BCUT2D eigenvalue weighted by Gasteiger charge is 2.30. The highest BCUT2D eigenvalue weighted by molar-refractivity contribution is 6.07. The predicted molar refractivity (Wildman–Crippen MR) is 102 cm³/mol. The largest absolute Gasteiger partial charge is 0.481 e. The van der Waals surface area contributed by atoms with Crippen molar-refractivity contribution in [3.05, 3.63) is 48.0 Å². The van der Waals surface area contributed by atoms with Crippen LogP contribution in [0.2, 0.25) is 0 Å². The molecular weight excluding hydrogens is 344 g/mol. The van der Waals surface area contributed by atoms with Gasteiger partial charge in [-0.15, -0.1) is 0 Å². The highest BCUT2D eigenvalue weighted by atomic mass is 16.4. The van der Waals surface area contributed by atoms with Gasteiger partial charge in [0.1, 0.15) is 0 Å². The molecular formula is C21H24N2O4. The second kappa shape index (κ2) is 8.20. The first-order valence-electron chi connectivity index (χ1n) is 9.21. The predicted octanol–water partition coefficient (Wildman–Crippen LogP) is 2.63. The highest BCUT2D eigenvalue weighted by Crippen LogP contribution is 2.24. The normalized spacial score (nSPS) is 14.9. The topological polar surface area (TPSA) is 77.9 Å². The number of carbonyl (C=O) groups is 3. The SMILES string of the molecule is CN(CCC(=O)O)C(=O)C1CCN(C(=O)c2cccc3ccccc23)CC1. The number of nitrogens with zero attached hydrogens (tertiary/aromatic N) is 2. The maximum Gasteiger partial charge on any atom is 0.305 e. The van der Waals surface area contributed by atoms with E-state index in [1.165, 1.54) is 4.90 Å². The number of hydrogen-bond acceptors (Lipinski definition) is 3. The molecule has 2 aromatic carbocycles. The maximum atomic E-state index is 13.0. The van der Waals surface area contributed by atoms with E-state index >= 15 is 0 Å². The molecule has 1 aliphatic rings. The zero-order chi connectivity index (χ0) is 19.4. The number of piperidine rings is 1. The lowest BCUT2D eigenvalue weighted by atomic mass is 9.94. The molecule has 1 aliphatic heterocycles. The van der Waals surface area contributed by atoms with Gasteiger partial charge in [-0.25, -0.2) is 0 Å². The van der Waals surface area contributed by atoms with Gasteiger partial charge >= 0.3 is 5.97 Å². The minimum Gasteiger partial charge on any atom is -0.481 e. The van der Waals surface area contributed by atoms with Crippen LogP contribution in [-0.4, -0.2) is 59.4 Å². The van der Waals surface area contributed by atoms with Gasteiger partial charge in [-0.3, -0.25) is 14.4 Å². The van der Waals surface area contributed by atoms with Gasteiger partial charge < -0.3 is 14.9 Å². The fourth-order valence-corrected chi connectivity index (χ4v) is 3.60. The average molecular weight is 368 g/mol. The molecule has 0 bridgehead atoms. The van der Waals surface area contributed by atoms with E-state index in [1.54, 1.807) is 7.05 Å². The summed E-state index contributed by atoms with van der Waals surface area (Å²) in [5.74, 6) is -1.10. The van der Waals surface area contributed by atoms with Crippen LogP contribution >= 0.6 is 0 Å². The minimum atomic E-state index is -0.912. The summed E-state index contributed by atoms with van der Waals surface area (Å²) in [5.41, 5.74) is 0.691. The van der Waals surface area contributed by atoms with E-state index in [-0.39, 0.29) is 30.7 Å². The molecule has 1 N–H and O–H groups in total. The number of rotatable bonds is 5. The molecule has 142 valence electrons. The Bertz CT molecular complexity index is 851. The number of hydrogen-bond donors (Lipinski definition) is 1. The molecule has 27 heavy (non-hydrogen) atoms. The van der Waals surface area contributed by atoms with Crippen molar-refractivity contribution >= 4 is 28.6 Å². The van der Waals surface area contributed by atoms with Gasteiger partial charge in [0.15, 0.2) is 0 Å². The van der Waals surface area contributed by atoms with Gasteiger partial charge in [-0.2, -0.15) is 0 Å². The monoisotopic (exact) mass is 368 g/mol. The smallest absolute Gasteiger partial charge is 0.305 e. The van der Waals surface area contributed by atoms with E-state index in [0.29, 0.717) is 31.5 Å². The molecule has 2 amide bonds. The van der Waals surface area contributed by atoms with Crippen molar-refractivity contribution < 1.29 is 19.5 Å². The number of benzene rings is 2. The molecule has 0 radical (unpaired) electrons. The van der Waals surface area contributed by atoms with E-state index in [1.807, 2.05) is 47.4 Å². The molecule has 1 heterocycles. The molecule has 6 nitrogen and oxygen atoms in total. The molecule has 0 unspecified atom stereocenters. The zero-order valence-corrected chi connectivity index (χ0v) is 15.4. The number of amides is 2. The van der Waals surface area contributed by atoms with Crippen molar-refractivity contribution in [2.24, 2.45) is 5.92 Å². The first kappa shape index (κ1) is 18.9. The Morgan fingerprint density at radius 3 is 2.44 bits per heavy atom. The van der Waals surface area contributed by atoms with Crippen molar-refractivity contribution in [3.63, 3.8) is 0 Å². The molecule has 3 rings (SSSR count). The van der Waals surface area contributed by atoms with Crippen LogP contribution in [0.15, 0.2) is 42.5 Å². The molecule has 1 fully saturated rings. The molecule has 0 spiro atoms. The Balaban J connectivity index is 1.62. The second-order valence-corrected chi connectivity index (χ2v) is 7.00.